The number of imide groups is 1. The Hall–Kier alpha value is -2.21. The molecule has 0 aromatic heterocycles. The maximum Gasteiger partial charge on any atom is 0.242 e. The number of hydrogen-bond donors (Lipinski definition) is 2. The number of benzene rings is 1. The van der Waals surface area contributed by atoms with E-state index in [2.05, 4.69) is 0 Å². The largest absolute Gasteiger partial charge is 0.368 e. The number of carbonyl (C=O) groups excluding carboxylic acids is 3. The molecule has 1 fully saturated rings. The summed E-state index contributed by atoms with van der Waals surface area (Å²) in [6.45, 7) is 0.103. The van der Waals surface area contributed by atoms with Crippen molar-refractivity contribution in [2.45, 2.75) is 24.8 Å². The first-order valence-electron chi connectivity index (χ1n) is 6.42. The van der Waals surface area contributed by atoms with Crippen molar-refractivity contribution < 1.29 is 14.4 Å². The molecule has 2 rings (SSSR count). The molecule has 0 spiro atoms. The van der Waals surface area contributed by atoms with Crippen LogP contribution in [0.15, 0.2) is 30.3 Å². The highest BCUT2D eigenvalue weighted by Crippen LogP contribution is 2.23. The van der Waals surface area contributed by atoms with Crippen molar-refractivity contribution in [3.63, 3.8) is 0 Å². The highest BCUT2D eigenvalue weighted by molar-refractivity contribution is 6.02. The number of hydrogen-bond acceptors (Lipinski definition) is 4. The molecule has 1 heterocycles. The third kappa shape index (κ3) is 2.55. The third-order valence-electron chi connectivity index (χ3n) is 3.61. The number of amides is 3. The van der Waals surface area contributed by atoms with E-state index in [4.69, 9.17) is 11.5 Å². The number of primary amides is 1. The minimum atomic E-state index is -1.38. The van der Waals surface area contributed by atoms with Crippen LogP contribution in [0.25, 0.3) is 0 Å². The summed E-state index contributed by atoms with van der Waals surface area (Å²) in [5.41, 5.74) is 10.7. The summed E-state index contributed by atoms with van der Waals surface area (Å²) in [6.07, 6.45) is 0.556. The molecule has 1 aliphatic rings. The SMILES string of the molecule is NC(=O)C(N)(CCN1C(=O)CCC1=O)c1ccccc1. The molecule has 1 unspecified atom stereocenters. The molecular weight excluding hydrogens is 258 g/mol. The quantitative estimate of drug-likeness (QED) is 0.729. The zero-order valence-electron chi connectivity index (χ0n) is 11.0. The van der Waals surface area contributed by atoms with E-state index >= 15 is 0 Å². The van der Waals surface area contributed by atoms with Gasteiger partial charge in [0.15, 0.2) is 0 Å². The Morgan fingerprint density at radius 2 is 1.70 bits per heavy atom. The summed E-state index contributed by atoms with van der Waals surface area (Å²) in [7, 11) is 0. The van der Waals surface area contributed by atoms with Gasteiger partial charge in [0.05, 0.1) is 0 Å². The summed E-state index contributed by atoms with van der Waals surface area (Å²) in [6, 6.07) is 8.73. The van der Waals surface area contributed by atoms with Crippen molar-refractivity contribution in [1.29, 1.82) is 0 Å². The molecule has 20 heavy (non-hydrogen) atoms. The van der Waals surface area contributed by atoms with E-state index in [1.807, 2.05) is 0 Å². The van der Waals surface area contributed by atoms with Gasteiger partial charge in [-0.2, -0.15) is 0 Å². The lowest BCUT2D eigenvalue weighted by Gasteiger charge is -2.28. The molecule has 0 saturated carbocycles. The van der Waals surface area contributed by atoms with Crippen LogP contribution in [0.5, 0.6) is 0 Å². The van der Waals surface area contributed by atoms with E-state index in [0.717, 1.165) is 4.90 Å². The zero-order chi connectivity index (χ0) is 14.8. The third-order valence-corrected chi connectivity index (χ3v) is 3.61. The molecule has 6 nitrogen and oxygen atoms in total. The molecule has 6 heteroatoms. The highest BCUT2D eigenvalue weighted by atomic mass is 16.2. The van der Waals surface area contributed by atoms with E-state index in [9.17, 15) is 14.4 Å². The van der Waals surface area contributed by atoms with Crippen molar-refractivity contribution >= 4 is 17.7 Å². The Morgan fingerprint density at radius 1 is 1.15 bits per heavy atom. The standard InChI is InChI=1S/C14H17N3O3/c15-13(20)14(16,10-4-2-1-3-5-10)8-9-17-11(18)6-7-12(17)19/h1-5H,6-9,16H2,(H2,15,20). The van der Waals surface area contributed by atoms with Crippen LogP contribution in [0, 0.1) is 0 Å². The van der Waals surface area contributed by atoms with Crippen molar-refractivity contribution in [2.75, 3.05) is 6.54 Å². The normalized spacial score (nSPS) is 18.1. The first-order chi connectivity index (χ1) is 9.45. The molecule has 1 aliphatic heterocycles. The molecule has 4 N–H and O–H groups in total. The molecule has 1 aromatic carbocycles. The van der Waals surface area contributed by atoms with Crippen LogP contribution >= 0.6 is 0 Å². The fourth-order valence-corrected chi connectivity index (χ4v) is 2.31. The van der Waals surface area contributed by atoms with E-state index < -0.39 is 11.4 Å². The van der Waals surface area contributed by atoms with Gasteiger partial charge in [0.1, 0.15) is 5.54 Å². The van der Waals surface area contributed by atoms with Crippen LogP contribution in [0.2, 0.25) is 0 Å². The number of nitrogens with zero attached hydrogens (tertiary/aromatic N) is 1. The number of rotatable bonds is 5. The molecule has 106 valence electrons. The van der Waals surface area contributed by atoms with Crippen LogP contribution in [0.4, 0.5) is 0 Å². The van der Waals surface area contributed by atoms with Gasteiger partial charge in [0.25, 0.3) is 0 Å². The van der Waals surface area contributed by atoms with Gasteiger partial charge in [-0.05, 0) is 12.0 Å². The molecular formula is C14H17N3O3. The van der Waals surface area contributed by atoms with Gasteiger partial charge in [0.2, 0.25) is 17.7 Å². The minimum absolute atomic E-state index is 0.103. The number of nitrogens with two attached hydrogens (primary N) is 2. The van der Waals surface area contributed by atoms with Crippen LogP contribution in [-0.2, 0) is 19.9 Å². The molecule has 3 amide bonds. The zero-order valence-corrected chi connectivity index (χ0v) is 11.0. The summed E-state index contributed by atoms with van der Waals surface area (Å²) >= 11 is 0. The predicted octanol–water partition coefficient (Wildman–Crippen LogP) is -0.135. The Labute approximate surface area is 116 Å². The first kappa shape index (κ1) is 14.2. The van der Waals surface area contributed by atoms with Gasteiger partial charge in [0, 0.05) is 19.4 Å². The van der Waals surface area contributed by atoms with Crippen LogP contribution in [-0.4, -0.2) is 29.2 Å². The van der Waals surface area contributed by atoms with Gasteiger partial charge in [-0.15, -0.1) is 0 Å². The second-order valence-corrected chi connectivity index (χ2v) is 4.89. The van der Waals surface area contributed by atoms with Crippen molar-refractivity contribution in [3.8, 4) is 0 Å². The Balaban J connectivity index is 2.17. The van der Waals surface area contributed by atoms with Crippen LogP contribution < -0.4 is 11.5 Å². The number of likely N-dealkylation sites (tertiary alicyclic amines) is 1. The van der Waals surface area contributed by atoms with Gasteiger partial charge in [-0.3, -0.25) is 19.3 Å². The summed E-state index contributed by atoms with van der Waals surface area (Å²) in [5, 5.41) is 0. The second-order valence-electron chi connectivity index (χ2n) is 4.89. The fraction of sp³-hybridized carbons (Fsp3) is 0.357. The smallest absolute Gasteiger partial charge is 0.242 e. The molecule has 1 saturated heterocycles. The lowest BCUT2D eigenvalue weighted by Crippen LogP contribution is -2.51. The summed E-state index contributed by atoms with van der Waals surface area (Å²) < 4.78 is 0. The lowest BCUT2D eigenvalue weighted by atomic mass is 9.87. The first-order valence-corrected chi connectivity index (χ1v) is 6.42. The van der Waals surface area contributed by atoms with Crippen molar-refractivity contribution in [3.05, 3.63) is 35.9 Å². The average molecular weight is 275 g/mol. The van der Waals surface area contributed by atoms with Crippen molar-refractivity contribution in [1.82, 2.24) is 4.90 Å². The van der Waals surface area contributed by atoms with Crippen LogP contribution in [0.1, 0.15) is 24.8 Å². The topological polar surface area (TPSA) is 106 Å². The maximum absolute atomic E-state index is 11.7. The second kappa shape index (κ2) is 5.42. The minimum Gasteiger partial charge on any atom is -0.368 e. The van der Waals surface area contributed by atoms with Gasteiger partial charge < -0.3 is 11.5 Å². The summed E-state index contributed by atoms with van der Waals surface area (Å²) in [5.74, 6) is -1.13. The monoisotopic (exact) mass is 275 g/mol. The van der Waals surface area contributed by atoms with E-state index in [1.54, 1.807) is 30.3 Å². The van der Waals surface area contributed by atoms with Gasteiger partial charge in [-0.25, -0.2) is 0 Å². The van der Waals surface area contributed by atoms with Gasteiger partial charge >= 0.3 is 0 Å². The van der Waals surface area contributed by atoms with Gasteiger partial charge in [-0.1, -0.05) is 30.3 Å². The van der Waals surface area contributed by atoms with Crippen LogP contribution in [0.3, 0.4) is 0 Å². The lowest BCUT2D eigenvalue weighted by molar-refractivity contribution is -0.139. The predicted molar refractivity (Wildman–Crippen MR) is 72.1 cm³/mol. The molecule has 0 radical (unpaired) electrons. The van der Waals surface area contributed by atoms with E-state index in [0.29, 0.717) is 5.56 Å². The van der Waals surface area contributed by atoms with E-state index in [1.165, 1.54) is 0 Å². The maximum atomic E-state index is 11.7. The molecule has 1 atom stereocenters. The number of carbonyl (C=O) groups is 3. The van der Waals surface area contributed by atoms with E-state index in [-0.39, 0.29) is 37.6 Å². The Bertz CT molecular complexity index is 528. The summed E-state index contributed by atoms with van der Waals surface area (Å²) in [4.78, 5) is 36.0. The van der Waals surface area contributed by atoms with Crippen molar-refractivity contribution in [2.24, 2.45) is 11.5 Å². The average Bonchev–Trinajstić information content (AvgIpc) is 2.76. The molecule has 0 bridgehead atoms. The highest BCUT2D eigenvalue weighted by Gasteiger charge is 2.37. The fourth-order valence-electron chi connectivity index (χ4n) is 2.31. The molecule has 1 aromatic rings. The molecule has 0 aliphatic carbocycles. The Morgan fingerprint density at radius 3 is 2.20 bits per heavy atom. The Kier molecular flexibility index (Phi) is 3.85.